The molecular formula is C21H27FN4O2. The molecule has 6 nitrogen and oxygen atoms in total. The lowest BCUT2D eigenvalue weighted by Crippen LogP contribution is -2.36. The number of hydrogen-bond donors (Lipinski definition) is 2. The van der Waals surface area contributed by atoms with E-state index in [1.165, 1.54) is 11.0 Å². The molecule has 0 saturated heterocycles. The summed E-state index contributed by atoms with van der Waals surface area (Å²) in [4.78, 5) is 17.3. The maximum atomic E-state index is 13.6. The van der Waals surface area contributed by atoms with E-state index in [1.807, 2.05) is 30.3 Å². The van der Waals surface area contributed by atoms with Crippen LogP contribution in [0.2, 0.25) is 0 Å². The summed E-state index contributed by atoms with van der Waals surface area (Å²) < 4.78 is 19.2. The predicted octanol–water partition coefficient (Wildman–Crippen LogP) is 2.47. The number of halogens is 1. The third-order valence-electron chi connectivity index (χ3n) is 4.14. The number of nitrogens with one attached hydrogen (secondary N) is 2. The minimum absolute atomic E-state index is 0.000214. The molecule has 0 radical (unpaired) electrons. The molecule has 0 aliphatic rings. The summed E-state index contributed by atoms with van der Waals surface area (Å²) in [6, 6.07) is 12.7. The average molecular weight is 386 g/mol. The van der Waals surface area contributed by atoms with Crippen LogP contribution in [0.5, 0.6) is 5.75 Å². The van der Waals surface area contributed by atoms with Crippen LogP contribution in [-0.4, -0.2) is 44.5 Å². The van der Waals surface area contributed by atoms with Crippen molar-refractivity contribution in [3.8, 4) is 5.75 Å². The minimum Gasteiger partial charge on any atom is -0.484 e. The number of aryl methyl sites for hydroxylation is 1. The van der Waals surface area contributed by atoms with E-state index in [-0.39, 0.29) is 18.3 Å². The fourth-order valence-electron chi connectivity index (χ4n) is 2.36. The van der Waals surface area contributed by atoms with E-state index in [4.69, 9.17) is 4.74 Å². The first-order valence-electron chi connectivity index (χ1n) is 9.00. The average Bonchev–Trinajstić information content (AvgIpc) is 2.69. The molecule has 0 fully saturated rings. The first-order chi connectivity index (χ1) is 13.4. The number of aliphatic imine (C=N–C) groups is 1. The summed E-state index contributed by atoms with van der Waals surface area (Å²) in [6.07, 6.45) is 0. The van der Waals surface area contributed by atoms with Crippen molar-refractivity contribution in [3.05, 3.63) is 65.0 Å². The van der Waals surface area contributed by atoms with Gasteiger partial charge in [-0.1, -0.05) is 24.3 Å². The molecule has 0 aromatic heterocycles. The lowest BCUT2D eigenvalue weighted by Gasteiger charge is -2.14. The Bertz CT molecular complexity index is 837. The molecule has 0 spiro atoms. The van der Waals surface area contributed by atoms with Crippen molar-refractivity contribution >= 4 is 11.9 Å². The van der Waals surface area contributed by atoms with Gasteiger partial charge in [0.25, 0.3) is 5.91 Å². The third kappa shape index (κ3) is 6.57. The van der Waals surface area contributed by atoms with Crippen molar-refractivity contribution in [1.82, 2.24) is 15.5 Å². The molecule has 1 amide bonds. The molecule has 28 heavy (non-hydrogen) atoms. The third-order valence-corrected chi connectivity index (χ3v) is 4.14. The van der Waals surface area contributed by atoms with Gasteiger partial charge in [0.05, 0.1) is 0 Å². The fraction of sp³-hybridized carbons (Fsp3) is 0.333. The highest BCUT2D eigenvalue weighted by Gasteiger charge is 2.06. The van der Waals surface area contributed by atoms with Crippen LogP contribution in [0.3, 0.4) is 0 Å². The molecule has 0 heterocycles. The second kappa shape index (κ2) is 10.3. The van der Waals surface area contributed by atoms with E-state index >= 15 is 0 Å². The Morgan fingerprint density at radius 2 is 1.79 bits per heavy atom. The molecule has 0 bridgehead atoms. The Kier molecular flexibility index (Phi) is 7.80. The predicted molar refractivity (Wildman–Crippen MR) is 109 cm³/mol. The second-order valence-corrected chi connectivity index (χ2v) is 6.59. The van der Waals surface area contributed by atoms with Gasteiger partial charge in [-0.25, -0.2) is 4.39 Å². The van der Waals surface area contributed by atoms with Gasteiger partial charge in [-0.2, -0.15) is 0 Å². The topological polar surface area (TPSA) is 66.0 Å². The van der Waals surface area contributed by atoms with E-state index in [2.05, 4.69) is 15.6 Å². The first-order valence-corrected chi connectivity index (χ1v) is 9.00. The highest BCUT2D eigenvalue weighted by molar-refractivity contribution is 5.79. The molecule has 2 rings (SSSR count). The van der Waals surface area contributed by atoms with Crippen LogP contribution in [0, 0.1) is 12.7 Å². The van der Waals surface area contributed by atoms with Gasteiger partial charge in [-0.3, -0.25) is 9.79 Å². The Balaban J connectivity index is 1.86. The SMILES string of the molecule is CN=C(NCc1cccc(OCC(=O)N(C)C)c1)NCc1ccc(C)c(F)c1. The monoisotopic (exact) mass is 386 g/mol. The van der Waals surface area contributed by atoms with E-state index in [9.17, 15) is 9.18 Å². The molecule has 0 unspecified atom stereocenters. The number of rotatable bonds is 7. The lowest BCUT2D eigenvalue weighted by atomic mass is 10.1. The maximum Gasteiger partial charge on any atom is 0.259 e. The Labute approximate surface area is 165 Å². The molecular weight excluding hydrogens is 359 g/mol. The van der Waals surface area contributed by atoms with Crippen LogP contribution >= 0.6 is 0 Å². The van der Waals surface area contributed by atoms with Crippen molar-refractivity contribution in [2.45, 2.75) is 20.0 Å². The van der Waals surface area contributed by atoms with E-state index in [0.29, 0.717) is 30.4 Å². The normalized spacial score (nSPS) is 11.1. The van der Waals surface area contributed by atoms with Gasteiger partial charge < -0.3 is 20.3 Å². The zero-order chi connectivity index (χ0) is 20.5. The van der Waals surface area contributed by atoms with Crippen molar-refractivity contribution < 1.29 is 13.9 Å². The van der Waals surface area contributed by atoms with Crippen molar-refractivity contribution in [3.63, 3.8) is 0 Å². The molecule has 0 saturated carbocycles. The van der Waals surface area contributed by atoms with Gasteiger partial charge in [0.1, 0.15) is 11.6 Å². The maximum absolute atomic E-state index is 13.6. The van der Waals surface area contributed by atoms with E-state index < -0.39 is 0 Å². The summed E-state index contributed by atoms with van der Waals surface area (Å²) >= 11 is 0. The molecule has 2 N–H and O–H groups in total. The number of ether oxygens (including phenoxy) is 1. The number of amides is 1. The molecule has 150 valence electrons. The molecule has 2 aromatic rings. The van der Waals surface area contributed by atoms with Gasteiger partial charge in [-0.05, 0) is 41.8 Å². The van der Waals surface area contributed by atoms with Crippen LogP contribution in [0.15, 0.2) is 47.5 Å². The fourth-order valence-corrected chi connectivity index (χ4v) is 2.36. The largest absolute Gasteiger partial charge is 0.484 e. The number of carbonyl (C=O) groups is 1. The minimum atomic E-state index is -0.216. The highest BCUT2D eigenvalue weighted by atomic mass is 19.1. The van der Waals surface area contributed by atoms with Gasteiger partial charge in [0.15, 0.2) is 12.6 Å². The Morgan fingerprint density at radius 3 is 2.39 bits per heavy atom. The zero-order valence-electron chi connectivity index (χ0n) is 16.8. The quantitative estimate of drug-likeness (QED) is 0.567. The summed E-state index contributed by atoms with van der Waals surface area (Å²) in [6.45, 7) is 2.73. The number of nitrogens with zero attached hydrogens (tertiary/aromatic N) is 2. The smallest absolute Gasteiger partial charge is 0.259 e. The number of benzene rings is 2. The first kappa shape index (κ1) is 21.2. The second-order valence-electron chi connectivity index (χ2n) is 6.59. The van der Waals surface area contributed by atoms with Gasteiger partial charge >= 0.3 is 0 Å². The van der Waals surface area contributed by atoms with Crippen molar-refractivity contribution in [2.75, 3.05) is 27.7 Å². The summed E-state index contributed by atoms with van der Waals surface area (Å²) in [5.74, 6) is 0.926. The van der Waals surface area contributed by atoms with Crippen LogP contribution in [0.25, 0.3) is 0 Å². The number of likely N-dealkylation sites (N-methyl/N-ethyl adjacent to an activating group) is 1. The van der Waals surface area contributed by atoms with Gasteiger partial charge in [0, 0.05) is 34.2 Å². The summed E-state index contributed by atoms with van der Waals surface area (Å²) in [5.41, 5.74) is 2.45. The Hall–Kier alpha value is -3.09. The molecule has 0 atom stereocenters. The zero-order valence-corrected chi connectivity index (χ0v) is 16.8. The molecule has 7 heteroatoms. The molecule has 0 aliphatic carbocycles. The molecule has 0 aliphatic heterocycles. The van der Waals surface area contributed by atoms with Gasteiger partial charge in [0.2, 0.25) is 0 Å². The van der Waals surface area contributed by atoms with Crippen LogP contribution in [0.4, 0.5) is 4.39 Å². The highest BCUT2D eigenvalue weighted by Crippen LogP contribution is 2.13. The lowest BCUT2D eigenvalue weighted by molar-refractivity contribution is -0.130. The number of hydrogen-bond acceptors (Lipinski definition) is 3. The van der Waals surface area contributed by atoms with Crippen LogP contribution in [0.1, 0.15) is 16.7 Å². The van der Waals surface area contributed by atoms with Crippen LogP contribution < -0.4 is 15.4 Å². The standard InChI is InChI=1S/C21H27FN4O2/c1-15-8-9-17(11-19(15)22)13-25-21(23-2)24-12-16-6-5-7-18(10-16)28-14-20(27)26(3)4/h5-11H,12-14H2,1-4H3,(H2,23,24,25). The van der Waals surface area contributed by atoms with E-state index in [1.54, 1.807) is 34.1 Å². The van der Waals surface area contributed by atoms with Crippen molar-refractivity contribution in [2.24, 2.45) is 4.99 Å². The van der Waals surface area contributed by atoms with Crippen LogP contribution in [-0.2, 0) is 17.9 Å². The van der Waals surface area contributed by atoms with Crippen molar-refractivity contribution in [1.29, 1.82) is 0 Å². The summed E-state index contributed by atoms with van der Waals surface area (Å²) in [5, 5.41) is 6.37. The Morgan fingerprint density at radius 1 is 1.11 bits per heavy atom. The number of carbonyl (C=O) groups excluding carboxylic acids is 1. The summed E-state index contributed by atoms with van der Waals surface area (Å²) in [7, 11) is 5.06. The van der Waals surface area contributed by atoms with Gasteiger partial charge in [-0.15, -0.1) is 0 Å². The molecule has 2 aromatic carbocycles. The van der Waals surface area contributed by atoms with E-state index in [0.717, 1.165) is 11.1 Å². The number of guanidine groups is 1.